The number of hydrogen-bond donors (Lipinski definition) is 2. The summed E-state index contributed by atoms with van der Waals surface area (Å²) in [5.41, 5.74) is 5.78. The molecule has 0 atom stereocenters. The molecule has 0 unspecified atom stereocenters. The second-order valence-electron chi connectivity index (χ2n) is 4.27. The van der Waals surface area contributed by atoms with Crippen molar-refractivity contribution >= 4 is 33.2 Å². The molecule has 2 aromatic rings. The van der Waals surface area contributed by atoms with Crippen LogP contribution < -0.4 is 11.1 Å². The predicted molar refractivity (Wildman–Crippen MR) is 77.6 cm³/mol. The van der Waals surface area contributed by atoms with Gasteiger partial charge in [-0.2, -0.15) is 0 Å². The first kappa shape index (κ1) is 14.5. The first-order chi connectivity index (χ1) is 9.38. The molecular formula is C14H11BrF2N2O. The number of rotatable bonds is 2. The summed E-state index contributed by atoms with van der Waals surface area (Å²) in [6.45, 7) is 1.79. The lowest BCUT2D eigenvalue weighted by Crippen LogP contribution is -2.16. The van der Waals surface area contributed by atoms with E-state index < -0.39 is 28.8 Å². The molecule has 1 amide bonds. The minimum atomic E-state index is -0.934. The lowest BCUT2D eigenvalue weighted by molar-refractivity contribution is 0.102. The molecule has 0 aliphatic carbocycles. The van der Waals surface area contributed by atoms with Crippen LogP contribution in [0.15, 0.2) is 34.8 Å². The van der Waals surface area contributed by atoms with Gasteiger partial charge in [0, 0.05) is 10.2 Å². The van der Waals surface area contributed by atoms with Crippen LogP contribution in [0.4, 0.5) is 20.2 Å². The van der Waals surface area contributed by atoms with E-state index in [-0.39, 0.29) is 0 Å². The quantitative estimate of drug-likeness (QED) is 0.815. The number of carbonyl (C=O) groups excluding carboxylic acids is 1. The van der Waals surface area contributed by atoms with Crippen molar-refractivity contribution in [3.63, 3.8) is 0 Å². The molecule has 0 aliphatic rings. The molecule has 0 spiro atoms. The zero-order valence-electron chi connectivity index (χ0n) is 10.5. The van der Waals surface area contributed by atoms with Crippen molar-refractivity contribution in [2.45, 2.75) is 6.92 Å². The van der Waals surface area contributed by atoms with Gasteiger partial charge in [0.1, 0.15) is 5.82 Å². The van der Waals surface area contributed by atoms with Gasteiger partial charge < -0.3 is 11.1 Å². The van der Waals surface area contributed by atoms with Gasteiger partial charge in [-0.15, -0.1) is 0 Å². The Bertz CT molecular complexity index is 689. The van der Waals surface area contributed by atoms with Crippen LogP contribution in [-0.2, 0) is 0 Å². The highest BCUT2D eigenvalue weighted by Gasteiger charge is 2.17. The summed E-state index contributed by atoms with van der Waals surface area (Å²) in [7, 11) is 0. The molecule has 104 valence electrons. The Kier molecular flexibility index (Phi) is 4.04. The molecule has 3 nitrogen and oxygen atoms in total. The van der Waals surface area contributed by atoms with E-state index in [1.54, 1.807) is 19.1 Å². The second kappa shape index (κ2) is 5.58. The smallest absolute Gasteiger partial charge is 0.258 e. The number of nitrogens with two attached hydrogens (primary N) is 1. The summed E-state index contributed by atoms with van der Waals surface area (Å²) in [6.07, 6.45) is 0. The average Bonchev–Trinajstić information content (AvgIpc) is 2.38. The van der Waals surface area contributed by atoms with Gasteiger partial charge in [0.25, 0.3) is 5.91 Å². The van der Waals surface area contributed by atoms with Crippen LogP contribution in [0, 0.1) is 18.6 Å². The summed E-state index contributed by atoms with van der Waals surface area (Å²) in [5, 5.41) is 2.53. The van der Waals surface area contributed by atoms with E-state index in [1.165, 1.54) is 0 Å². The Balaban J connectivity index is 2.35. The molecule has 0 aliphatic heterocycles. The van der Waals surface area contributed by atoms with E-state index in [0.717, 1.165) is 22.2 Å². The number of hydrogen-bond acceptors (Lipinski definition) is 2. The van der Waals surface area contributed by atoms with E-state index in [4.69, 9.17) is 5.73 Å². The fraction of sp³-hybridized carbons (Fsp3) is 0.0714. The van der Waals surface area contributed by atoms with E-state index in [0.29, 0.717) is 5.69 Å². The summed E-state index contributed by atoms with van der Waals surface area (Å²) in [4.78, 5) is 12.0. The van der Waals surface area contributed by atoms with Crippen LogP contribution in [0.2, 0.25) is 0 Å². The molecule has 0 heterocycles. The molecule has 0 saturated heterocycles. The Morgan fingerprint density at radius 1 is 1.25 bits per heavy atom. The molecule has 2 aromatic carbocycles. The van der Waals surface area contributed by atoms with Gasteiger partial charge in [-0.3, -0.25) is 4.79 Å². The normalized spacial score (nSPS) is 10.4. The fourth-order valence-electron chi connectivity index (χ4n) is 1.69. The highest BCUT2D eigenvalue weighted by atomic mass is 79.9. The first-order valence-corrected chi connectivity index (χ1v) is 6.50. The lowest BCUT2D eigenvalue weighted by Gasteiger charge is -2.10. The zero-order valence-corrected chi connectivity index (χ0v) is 12.1. The molecule has 0 aromatic heterocycles. The minimum absolute atomic E-state index is 0.402. The molecule has 20 heavy (non-hydrogen) atoms. The van der Waals surface area contributed by atoms with Gasteiger partial charge in [-0.25, -0.2) is 8.78 Å². The van der Waals surface area contributed by atoms with Crippen molar-refractivity contribution in [1.29, 1.82) is 0 Å². The molecule has 0 fully saturated rings. The van der Waals surface area contributed by atoms with E-state index in [9.17, 15) is 13.6 Å². The van der Waals surface area contributed by atoms with Gasteiger partial charge in [-0.1, -0.05) is 22.0 Å². The Hall–Kier alpha value is -1.95. The fourth-order valence-corrected chi connectivity index (χ4v) is 2.06. The molecule has 3 N–H and O–H groups in total. The second-order valence-corrected chi connectivity index (χ2v) is 5.19. The number of nitrogens with one attached hydrogen (secondary N) is 1. The third-order valence-corrected chi connectivity index (χ3v) is 3.25. The molecular weight excluding hydrogens is 330 g/mol. The Morgan fingerprint density at radius 3 is 2.65 bits per heavy atom. The lowest BCUT2D eigenvalue weighted by atomic mass is 10.1. The SMILES string of the molecule is Cc1ccc(Br)cc1NC(=O)c1cc(F)cc(N)c1F. The minimum Gasteiger partial charge on any atom is -0.396 e. The van der Waals surface area contributed by atoms with Crippen molar-refractivity contribution in [3.05, 3.63) is 57.6 Å². The molecule has 2 rings (SSSR count). The maximum absolute atomic E-state index is 13.8. The number of benzene rings is 2. The summed E-state index contributed by atoms with van der Waals surface area (Å²) in [6, 6.07) is 6.92. The molecule has 0 bridgehead atoms. The number of carbonyl (C=O) groups is 1. The molecule has 0 radical (unpaired) electrons. The van der Waals surface area contributed by atoms with Crippen molar-refractivity contribution in [2.75, 3.05) is 11.1 Å². The van der Waals surface area contributed by atoms with Gasteiger partial charge in [0.2, 0.25) is 0 Å². The van der Waals surface area contributed by atoms with Crippen LogP contribution in [0.3, 0.4) is 0 Å². The maximum Gasteiger partial charge on any atom is 0.258 e. The number of halogens is 3. The van der Waals surface area contributed by atoms with Crippen molar-refractivity contribution in [3.8, 4) is 0 Å². The van der Waals surface area contributed by atoms with Crippen LogP contribution in [-0.4, -0.2) is 5.91 Å². The van der Waals surface area contributed by atoms with Crippen LogP contribution in [0.5, 0.6) is 0 Å². The van der Waals surface area contributed by atoms with Crippen LogP contribution in [0.25, 0.3) is 0 Å². The van der Waals surface area contributed by atoms with E-state index >= 15 is 0 Å². The Morgan fingerprint density at radius 2 is 1.95 bits per heavy atom. The summed E-state index contributed by atoms with van der Waals surface area (Å²) in [5.74, 6) is -2.45. The third kappa shape index (κ3) is 2.96. The number of aryl methyl sites for hydroxylation is 1. The largest absolute Gasteiger partial charge is 0.396 e. The average molecular weight is 341 g/mol. The summed E-state index contributed by atoms with van der Waals surface area (Å²) < 4.78 is 27.7. The maximum atomic E-state index is 13.8. The highest BCUT2D eigenvalue weighted by molar-refractivity contribution is 9.10. The third-order valence-electron chi connectivity index (χ3n) is 2.76. The monoisotopic (exact) mass is 340 g/mol. The highest BCUT2D eigenvalue weighted by Crippen LogP contribution is 2.23. The van der Waals surface area contributed by atoms with Crippen molar-refractivity contribution < 1.29 is 13.6 Å². The summed E-state index contributed by atoms with van der Waals surface area (Å²) >= 11 is 3.27. The number of amides is 1. The first-order valence-electron chi connectivity index (χ1n) is 5.70. The molecule has 0 saturated carbocycles. The topological polar surface area (TPSA) is 55.1 Å². The predicted octanol–water partition coefficient (Wildman–Crippen LogP) is 3.87. The van der Waals surface area contributed by atoms with Crippen molar-refractivity contribution in [1.82, 2.24) is 0 Å². The Labute approximate surface area is 122 Å². The van der Waals surface area contributed by atoms with Gasteiger partial charge in [-0.05, 0) is 36.8 Å². The van der Waals surface area contributed by atoms with Crippen molar-refractivity contribution in [2.24, 2.45) is 0 Å². The number of anilines is 2. The standard InChI is InChI=1S/C14H11BrF2N2O/c1-7-2-3-8(15)4-12(7)19-14(20)10-5-9(16)6-11(18)13(10)17/h2-6H,18H2,1H3,(H,19,20). The van der Waals surface area contributed by atoms with Gasteiger partial charge in [0.05, 0.1) is 11.3 Å². The zero-order chi connectivity index (χ0) is 14.9. The van der Waals surface area contributed by atoms with Crippen LogP contribution in [0.1, 0.15) is 15.9 Å². The van der Waals surface area contributed by atoms with E-state index in [2.05, 4.69) is 21.2 Å². The van der Waals surface area contributed by atoms with Gasteiger partial charge in [0.15, 0.2) is 5.82 Å². The van der Waals surface area contributed by atoms with E-state index in [1.807, 2.05) is 6.07 Å². The van der Waals surface area contributed by atoms with Gasteiger partial charge >= 0.3 is 0 Å². The van der Waals surface area contributed by atoms with Crippen LogP contribution >= 0.6 is 15.9 Å². The molecule has 6 heteroatoms. The number of nitrogen functional groups attached to an aromatic ring is 1.